The summed E-state index contributed by atoms with van der Waals surface area (Å²) in [7, 11) is -3.22. The SMILES string of the molecule is Cc1ccc(CN2CCC(c3[nH]ncc3S(C)(=O)=O)C2)cc1. The average molecular weight is 319 g/mol. The van der Waals surface area contributed by atoms with Crippen LogP contribution in [0.15, 0.2) is 35.4 Å². The summed E-state index contributed by atoms with van der Waals surface area (Å²) >= 11 is 0. The Morgan fingerprint density at radius 3 is 2.73 bits per heavy atom. The lowest BCUT2D eigenvalue weighted by atomic mass is 10.1. The molecular weight excluding hydrogens is 298 g/mol. The molecule has 0 aliphatic carbocycles. The minimum Gasteiger partial charge on any atom is -0.298 e. The van der Waals surface area contributed by atoms with Crippen molar-refractivity contribution in [1.82, 2.24) is 15.1 Å². The maximum atomic E-state index is 11.8. The van der Waals surface area contributed by atoms with Gasteiger partial charge in [0.05, 0.1) is 11.9 Å². The quantitative estimate of drug-likeness (QED) is 0.937. The van der Waals surface area contributed by atoms with Gasteiger partial charge in [0.1, 0.15) is 4.90 Å². The summed E-state index contributed by atoms with van der Waals surface area (Å²) < 4.78 is 23.6. The van der Waals surface area contributed by atoms with E-state index in [0.717, 1.165) is 31.7 Å². The van der Waals surface area contributed by atoms with Gasteiger partial charge >= 0.3 is 0 Å². The molecule has 0 spiro atoms. The van der Waals surface area contributed by atoms with Gasteiger partial charge in [0, 0.05) is 25.3 Å². The van der Waals surface area contributed by atoms with E-state index in [1.807, 2.05) is 0 Å². The van der Waals surface area contributed by atoms with E-state index in [-0.39, 0.29) is 5.92 Å². The summed E-state index contributed by atoms with van der Waals surface area (Å²) in [6, 6.07) is 8.56. The first kappa shape index (κ1) is 15.2. The van der Waals surface area contributed by atoms with Gasteiger partial charge in [-0.25, -0.2) is 8.42 Å². The fourth-order valence-electron chi connectivity index (χ4n) is 3.04. The van der Waals surface area contributed by atoms with Gasteiger partial charge in [-0.15, -0.1) is 0 Å². The first-order valence-electron chi connectivity index (χ1n) is 7.44. The van der Waals surface area contributed by atoms with Crippen molar-refractivity contribution < 1.29 is 8.42 Å². The van der Waals surface area contributed by atoms with Crippen molar-refractivity contribution in [3.63, 3.8) is 0 Å². The van der Waals surface area contributed by atoms with Crippen LogP contribution in [0, 0.1) is 6.92 Å². The Labute approximate surface area is 131 Å². The molecule has 0 bridgehead atoms. The van der Waals surface area contributed by atoms with Crippen LogP contribution >= 0.6 is 0 Å². The largest absolute Gasteiger partial charge is 0.298 e. The molecule has 1 aromatic carbocycles. The Kier molecular flexibility index (Phi) is 4.06. The maximum absolute atomic E-state index is 11.8. The van der Waals surface area contributed by atoms with Crippen LogP contribution < -0.4 is 0 Å². The van der Waals surface area contributed by atoms with Crippen LogP contribution in [0.1, 0.15) is 29.2 Å². The average Bonchev–Trinajstić information content (AvgIpc) is 3.09. The number of hydrogen-bond acceptors (Lipinski definition) is 4. The third-order valence-electron chi connectivity index (χ3n) is 4.24. The number of nitrogens with one attached hydrogen (secondary N) is 1. The monoisotopic (exact) mass is 319 g/mol. The van der Waals surface area contributed by atoms with Crippen LogP contribution in [0.5, 0.6) is 0 Å². The molecule has 1 N–H and O–H groups in total. The van der Waals surface area contributed by atoms with Crippen molar-refractivity contribution in [3.05, 3.63) is 47.3 Å². The van der Waals surface area contributed by atoms with Gasteiger partial charge in [-0.3, -0.25) is 10.00 Å². The fraction of sp³-hybridized carbons (Fsp3) is 0.438. The van der Waals surface area contributed by atoms with E-state index in [9.17, 15) is 8.42 Å². The Morgan fingerprint density at radius 1 is 1.32 bits per heavy atom. The van der Waals surface area contributed by atoms with Crippen LogP contribution in [-0.2, 0) is 16.4 Å². The van der Waals surface area contributed by atoms with E-state index in [2.05, 4.69) is 46.3 Å². The summed E-state index contributed by atoms with van der Waals surface area (Å²) in [5, 5.41) is 6.82. The van der Waals surface area contributed by atoms with Gasteiger partial charge in [0.25, 0.3) is 0 Å². The van der Waals surface area contributed by atoms with Crippen LogP contribution in [0.25, 0.3) is 0 Å². The number of aromatic nitrogens is 2. The lowest BCUT2D eigenvalue weighted by Crippen LogP contribution is -2.20. The Bertz CT molecular complexity index is 750. The minimum absolute atomic E-state index is 0.206. The van der Waals surface area contributed by atoms with Gasteiger partial charge in [-0.2, -0.15) is 5.10 Å². The normalized spacial score (nSPS) is 19.6. The van der Waals surface area contributed by atoms with Crippen molar-refractivity contribution in [1.29, 1.82) is 0 Å². The second-order valence-electron chi connectivity index (χ2n) is 6.13. The predicted octanol–water partition coefficient (Wildman–Crippen LogP) is 2.11. The lowest BCUT2D eigenvalue weighted by molar-refractivity contribution is 0.326. The molecule has 1 aliphatic rings. The third-order valence-corrected chi connectivity index (χ3v) is 5.36. The van der Waals surface area contributed by atoms with E-state index in [0.29, 0.717) is 4.90 Å². The molecule has 3 rings (SSSR count). The highest BCUT2D eigenvalue weighted by Crippen LogP contribution is 2.30. The van der Waals surface area contributed by atoms with Crippen LogP contribution in [0.2, 0.25) is 0 Å². The molecule has 1 unspecified atom stereocenters. The molecule has 118 valence electrons. The van der Waals surface area contributed by atoms with Gasteiger partial charge in [-0.05, 0) is 25.5 Å². The highest BCUT2D eigenvalue weighted by Gasteiger charge is 2.29. The maximum Gasteiger partial charge on any atom is 0.178 e. The van der Waals surface area contributed by atoms with Crippen LogP contribution in [-0.4, -0.2) is 42.9 Å². The summed E-state index contributed by atoms with van der Waals surface area (Å²) in [6.45, 7) is 4.82. The van der Waals surface area contributed by atoms with Crippen molar-refractivity contribution >= 4 is 9.84 Å². The number of sulfone groups is 1. The number of rotatable bonds is 4. The van der Waals surface area contributed by atoms with E-state index in [1.54, 1.807) is 0 Å². The van der Waals surface area contributed by atoms with Crippen molar-refractivity contribution in [2.45, 2.75) is 30.7 Å². The van der Waals surface area contributed by atoms with Gasteiger partial charge in [0.2, 0.25) is 0 Å². The molecule has 2 aromatic rings. The zero-order chi connectivity index (χ0) is 15.7. The van der Waals surface area contributed by atoms with Crippen LogP contribution in [0.3, 0.4) is 0 Å². The Hall–Kier alpha value is -1.66. The van der Waals surface area contributed by atoms with Gasteiger partial charge in [-0.1, -0.05) is 29.8 Å². The minimum atomic E-state index is -3.22. The highest BCUT2D eigenvalue weighted by atomic mass is 32.2. The topological polar surface area (TPSA) is 66.1 Å². The molecule has 1 aliphatic heterocycles. The zero-order valence-corrected chi connectivity index (χ0v) is 13.7. The number of benzene rings is 1. The fourth-order valence-corrected chi connectivity index (χ4v) is 3.89. The number of aryl methyl sites for hydroxylation is 1. The van der Waals surface area contributed by atoms with E-state index in [4.69, 9.17) is 0 Å². The molecule has 6 heteroatoms. The smallest absolute Gasteiger partial charge is 0.178 e. The summed E-state index contributed by atoms with van der Waals surface area (Å²) in [5.41, 5.74) is 3.31. The van der Waals surface area contributed by atoms with Crippen LogP contribution in [0.4, 0.5) is 0 Å². The Morgan fingerprint density at radius 2 is 2.05 bits per heavy atom. The molecule has 5 nitrogen and oxygen atoms in total. The van der Waals surface area contributed by atoms with E-state index >= 15 is 0 Å². The van der Waals surface area contributed by atoms with Gasteiger partial charge in [0.15, 0.2) is 9.84 Å². The van der Waals surface area contributed by atoms with Crippen molar-refractivity contribution in [3.8, 4) is 0 Å². The predicted molar refractivity (Wildman–Crippen MR) is 85.5 cm³/mol. The number of H-pyrrole nitrogens is 1. The summed E-state index contributed by atoms with van der Waals surface area (Å²) in [4.78, 5) is 2.71. The third kappa shape index (κ3) is 3.23. The van der Waals surface area contributed by atoms with Crippen molar-refractivity contribution in [2.75, 3.05) is 19.3 Å². The number of hydrogen-bond donors (Lipinski definition) is 1. The summed E-state index contributed by atoms with van der Waals surface area (Å²) in [5.74, 6) is 0.206. The zero-order valence-electron chi connectivity index (χ0n) is 12.9. The molecular formula is C16H21N3O2S. The summed E-state index contributed by atoms with van der Waals surface area (Å²) in [6.07, 6.45) is 3.62. The number of aromatic amines is 1. The van der Waals surface area contributed by atoms with E-state index in [1.165, 1.54) is 23.6 Å². The highest BCUT2D eigenvalue weighted by molar-refractivity contribution is 7.90. The first-order chi connectivity index (χ1) is 10.4. The Balaban J connectivity index is 1.70. The molecule has 1 atom stereocenters. The van der Waals surface area contributed by atoms with E-state index < -0.39 is 9.84 Å². The number of nitrogens with zero attached hydrogens (tertiary/aromatic N) is 2. The molecule has 0 radical (unpaired) electrons. The second kappa shape index (κ2) is 5.85. The molecule has 1 fully saturated rings. The number of likely N-dealkylation sites (tertiary alicyclic amines) is 1. The molecule has 1 saturated heterocycles. The molecule has 2 heterocycles. The van der Waals surface area contributed by atoms with Crippen molar-refractivity contribution in [2.24, 2.45) is 0 Å². The molecule has 22 heavy (non-hydrogen) atoms. The first-order valence-corrected chi connectivity index (χ1v) is 9.34. The molecule has 1 aromatic heterocycles. The lowest BCUT2D eigenvalue weighted by Gasteiger charge is -2.16. The standard InChI is InChI=1S/C16H21N3O2S/c1-12-3-5-13(6-4-12)10-19-8-7-14(11-19)16-15(9-17-18-16)22(2,20)21/h3-6,9,14H,7-8,10-11H2,1-2H3,(H,17,18). The molecule has 0 amide bonds. The van der Waals surface area contributed by atoms with Gasteiger partial charge < -0.3 is 0 Å². The second-order valence-corrected chi connectivity index (χ2v) is 8.11. The molecule has 0 saturated carbocycles.